The fourth-order valence-electron chi connectivity index (χ4n) is 3.22. The van der Waals surface area contributed by atoms with Crippen LogP contribution >= 0.6 is 0 Å². The van der Waals surface area contributed by atoms with E-state index in [0.717, 1.165) is 11.3 Å². The number of nitrogens with zero attached hydrogens (tertiary/aromatic N) is 2. The Hall–Kier alpha value is -4.26. The number of nitrogens with one attached hydrogen (secondary N) is 1. The third-order valence-corrected chi connectivity index (χ3v) is 4.88. The van der Waals surface area contributed by atoms with E-state index < -0.39 is 0 Å². The molecular weight excluding hydrogens is 406 g/mol. The lowest BCUT2D eigenvalue weighted by atomic mass is 10.1. The number of benzene rings is 3. The molecule has 0 atom stereocenters. The van der Waals surface area contributed by atoms with Crippen LogP contribution < -0.4 is 19.5 Å². The number of rotatable bonds is 8. The van der Waals surface area contributed by atoms with Crippen LogP contribution in [0.5, 0.6) is 17.2 Å². The first-order chi connectivity index (χ1) is 15.7. The molecule has 4 rings (SSSR count). The van der Waals surface area contributed by atoms with Gasteiger partial charge in [-0.3, -0.25) is 4.79 Å². The van der Waals surface area contributed by atoms with Gasteiger partial charge in [0, 0.05) is 29.3 Å². The number of carbonyl (C=O) groups excluding carboxylic acids is 1. The summed E-state index contributed by atoms with van der Waals surface area (Å²) in [5, 5.41) is 2.89. The Morgan fingerprint density at radius 2 is 1.66 bits per heavy atom. The van der Waals surface area contributed by atoms with Crippen molar-refractivity contribution in [2.45, 2.75) is 6.61 Å². The molecule has 7 nitrogen and oxygen atoms in total. The Morgan fingerprint density at radius 3 is 2.25 bits per heavy atom. The molecule has 0 unspecified atom stereocenters. The lowest BCUT2D eigenvalue weighted by molar-refractivity contribution is 0.102. The van der Waals surface area contributed by atoms with Crippen molar-refractivity contribution >= 4 is 11.6 Å². The van der Waals surface area contributed by atoms with Gasteiger partial charge in [-0.15, -0.1) is 0 Å². The maximum atomic E-state index is 12.9. The van der Waals surface area contributed by atoms with Crippen LogP contribution in [0, 0.1) is 0 Å². The van der Waals surface area contributed by atoms with Crippen LogP contribution in [0.1, 0.15) is 15.9 Å². The second-order valence-electron chi connectivity index (χ2n) is 6.96. The maximum Gasteiger partial charge on any atom is 0.255 e. The van der Waals surface area contributed by atoms with Crippen LogP contribution in [0.15, 0.2) is 85.5 Å². The van der Waals surface area contributed by atoms with Gasteiger partial charge in [0.05, 0.1) is 20.5 Å². The maximum absolute atomic E-state index is 12.9. The van der Waals surface area contributed by atoms with E-state index in [9.17, 15) is 4.79 Å². The Bertz CT molecular complexity index is 1150. The highest BCUT2D eigenvalue weighted by Crippen LogP contribution is 2.39. The molecule has 0 spiro atoms. The normalized spacial score (nSPS) is 10.4. The Labute approximate surface area is 186 Å². The summed E-state index contributed by atoms with van der Waals surface area (Å²) in [6, 6.07) is 20.5. The number of carbonyl (C=O) groups is 1. The molecule has 3 aromatic carbocycles. The highest BCUT2D eigenvalue weighted by molar-refractivity contribution is 6.05. The van der Waals surface area contributed by atoms with Crippen molar-refractivity contribution in [2.24, 2.45) is 0 Å². The van der Waals surface area contributed by atoms with Crippen molar-refractivity contribution in [3.05, 3.63) is 96.6 Å². The first-order valence-corrected chi connectivity index (χ1v) is 10.0. The molecule has 0 aliphatic rings. The minimum absolute atomic E-state index is 0.286. The molecule has 162 valence electrons. The zero-order valence-corrected chi connectivity index (χ0v) is 17.8. The summed E-state index contributed by atoms with van der Waals surface area (Å²) in [4.78, 5) is 16.9. The van der Waals surface area contributed by atoms with Gasteiger partial charge in [-0.25, -0.2) is 4.98 Å². The number of hydrogen-bond donors (Lipinski definition) is 1. The van der Waals surface area contributed by atoms with E-state index >= 15 is 0 Å². The summed E-state index contributed by atoms with van der Waals surface area (Å²) >= 11 is 0. The summed E-state index contributed by atoms with van der Waals surface area (Å²) in [5.74, 6) is 0.994. The highest BCUT2D eigenvalue weighted by Gasteiger charge is 2.18. The highest BCUT2D eigenvalue weighted by atomic mass is 16.5. The van der Waals surface area contributed by atoms with Crippen molar-refractivity contribution in [2.75, 3.05) is 19.5 Å². The van der Waals surface area contributed by atoms with Crippen LogP contribution in [0.25, 0.3) is 5.69 Å². The molecular formula is C25H23N3O4. The Balaban J connectivity index is 1.51. The van der Waals surface area contributed by atoms with Crippen molar-refractivity contribution in [3.63, 3.8) is 0 Å². The molecule has 0 bridgehead atoms. The zero-order valence-electron chi connectivity index (χ0n) is 17.8. The average molecular weight is 429 g/mol. The Kier molecular flexibility index (Phi) is 6.36. The Morgan fingerprint density at radius 1 is 0.969 bits per heavy atom. The van der Waals surface area contributed by atoms with Gasteiger partial charge in [0.1, 0.15) is 6.61 Å². The van der Waals surface area contributed by atoms with E-state index in [1.807, 2.05) is 65.4 Å². The van der Waals surface area contributed by atoms with E-state index in [0.29, 0.717) is 35.1 Å². The van der Waals surface area contributed by atoms with Crippen molar-refractivity contribution < 1.29 is 19.0 Å². The molecule has 0 saturated heterocycles. The molecule has 1 amide bonds. The fourth-order valence-corrected chi connectivity index (χ4v) is 3.22. The van der Waals surface area contributed by atoms with Crippen molar-refractivity contribution in [1.29, 1.82) is 0 Å². The predicted octanol–water partition coefficient (Wildman–Crippen LogP) is 4.72. The van der Waals surface area contributed by atoms with E-state index in [1.165, 1.54) is 14.2 Å². The number of imidazole rings is 1. The van der Waals surface area contributed by atoms with Gasteiger partial charge in [-0.05, 0) is 42.0 Å². The third-order valence-electron chi connectivity index (χ3n) is 4.88. The molecule has 4 aromatic rings. The van der Waals surface area contributed by atoms with E-state index in [1.54, 1.807) is 24.7 Å². The van der Waals surface area contributed by atoms with Gasteiger partial charge in [0.2, 0.25) is 5.75 Å². The number of methoxy groups -OCH3 is 2. The topological polar surface area (TPSA) is 74.6 Å². The SMILES string of the molecule is COc1cc(C(=O)Nc2ccc(-n3ccnc3)cc2)cc(OC)c1OCc1ccccc1. The first kappa shape index (κ1) is 21.0. The summed E-state index contributed by atoms with van der Waals surface area (Å²) in [6.45, 7) is 0.350. The van der Waals surface area contributed by atoms with Crippen LogP contribution in [0.3, 0.4) is 0 Å². The lowest BCUT2D eigenvalue weighted by Gasteiger charge is -2.16. The quantitative estimate of drug-likeness (QED) is 0.439. The molecule has 0 aliphatic heterocycles. The van der Waals surface area contributed by atoms with Gasteiger partial charge in [0.15, 0.2) is 11.5 Å². The molecule has 0 aliphatic carbocycles. The van der Waals surface area contributed by atoms with Gasteiger partial charge in [0.25, 0.3) is 5.91 Å². The van der Waals surface area contributed by atoms with Gasteiger partial charge < -0.3 is 24.1 Å². The van der Waals surface area contributed by atoms with Crippen molar-refractivity contribution in [3.8, 4) is 22.9 Å². The standard InChI is InChI=1S/C25H23N3O4/c1-30-22-14-19(15-23(31-2)24(22)32-16-18-6-4-3-5-7-18)25(29)27-20-8-10-21(11-9-20)28-13-12-26-17-28/h3-15,17H,16H2,1-2H3,(H,27,29). The zero-order chi connectivity index (χ0) is 22.3. The minimum Gasteiger partial charge on any atom is -0.493 e. The molecule has 0 fully saturated rings. The average Bonchev–Trinajstić information content (AvgIpc) is 3.38. The summed E-state index contributed by atoms with van der Waals surface area (Å²) in [6.07, 6.45) is 5.28. The third kappa shape index (κ3) is 4.73. The molecule has 1 N–H and O–H groups in total. The van der Waals surface area contributed by atoms with E-state index in [2.05, 4.69) is 10.3 Å². The van der Waals surface area contributed by atoms with E-state index in [-0.39, 0.29) is 5.91 Å². The van der Waals surface area contributed by atoms with Gasteiger partial charge >= 0.3 is 0 Å². The number of ether oxygens (including phenoxy) is 3. The molecule has 1 heterocycles. The second kappa shape index (κ2) is 9.70. The number of aromatic nitrogens is 2. The minimum atomic E-state index is -0.286. The van der Waals surface area contributed by atoms with Crippen LogP contribution in [-0.4, -0.2) is 29.7 Å². The van der Waals surface area contributed by atoms with Crippen LogP contribution in [0.4, 0.5) is 5.69 Å². The van der Waals surface area contributed by atoms with Gasteiger partial charge in [-0.2, -0.15) is 0 Å². The van der Waals surface area contributed by atoms with Gasteiger partial charge in [-0.1, -0.05) is 30.3 Å². The largest absolute Gasteiger partial charge is 0.493 e. The lowest BCUT2D eigenvalue weighted by Crippen LogP contribution is -2.13. The summed E-state index contributed by atoms with van der Waals surface area (Å²) in [5.41, 5.74) is 3.02. The summed E-state index contributed by atoms with van der Waals surface area (Å²) < 4.78 is 18.8. The molecule has 7 heteroatoms. The second-order valence-corrected chi connectivity index (χ2v) is 6.96. The van der Waals surface area contributed by atoms with Crippen LogP contribution in [0.2, 0.25) is 0 Å². The fraction of sp³-hybridized carbons (Fsp3) is 0.120. The first-order valence-electron chi connectivity index (χ1n) is 10.0. The molecule has 1 aromatic heterocycles. The number of hydrogen-bond acceptors (Lipinski definition) is 5. The molecule has 32 heavy (non-hydrogen) atoms. The molecule has 0 saturated carbocycles. The number of amides is 1. The van der Waals surface area contributed by atoms with E-state index in [4.69, 9.17) is 14.2 Å². The predicted molar refractivity (Wildman–Crippen MR) is 122 cm³/mol. The van der Waals surface area contributed by atoms with Crippen molar-refractivity contribution in [1.82, 2.24) is 9.55 Å². The smallest absolute Gasteiger partial charge is 0.255 e. The van der Waals surface area contributed by atoms with Crippen LogP contribution in [-0.2, 0) is 6.61 Å². The monoisotopic (exact) mass is 429 g/mol. The summed E-state index contributed by atoms with van der Waals surface area (Å²) in [7, 11) is 3.06. The number of anilines is 1. The molecule has 0 radical (unpaired) electrons.